The smallest absolute Gasteiger partial charge is 0.232 e. The summed E-state index contributed by atoms with van der Waals surface area (Å²) in [6.45, 7) is 3.97. The van der Waals surface area contributed by atoms with Crippen LogP contribution in [0, 0.1) is 0 Å². The van der Waals surface area contributed by atoms with Crippen LogP contribution in [0.3, 0.4) is 0 Å². The Morgan fingerprint density at radius 2 is 1.77 bits per heavy atom. The van der Waals surface area contributed by atoms with Gasteiger partial charge in [-0.1, -0.05) is 49.4 Å². The summed E-state index contributed by atoms with van der Waals surface area (Å²) in [6, 6.07) is 21.7. The Hall–Kier alpha value is -2.92. The van der Waals surface area contributed by atoms with Crippen LogP contribution in [0.25, 0.3) is 0 Å². The van der Waals surface area contributed by atoms with Gasteiger partial charge in [0.1, 0.15) is 0 Å². The summed E-state index contributed by atoms with van der Waals surface area (Å²) in [4.78, 5) is 31.1. The van der Waals surface area contributed by atoms with Gasteiger partial charge in [-0.2, -0.15) is 0 Å². The highest BCUT2D eigenvalue weighted by atomic mass is 32.1. The van der Waals surface area contributed by atoms with Gasteiger partial charge in [0.25, 0.3) is 0 Å². The number of hydrogen-bond donors (Lipinski definition) is 0. The Kier molecular flexibility index (Phi) is 6.00. The second-order valence-electron chi connectivity index (χ2n) is 7.63. The zero-order valence-electron chi connectivity index (χ0n) is 17.3. The van der Waals surface area contributed by atoms with Gasteiger partial charge >= 0.3 is 0 Å². The predicted octanol–water partition coefficient (Wildman–Crippen LogP) is 5.60. The van der Waals surface area contributed by atoms with Crippen LogP contribution in [0.5, 0.6) is 0 Å². The summed E-state index contributed by atoms with van der Waals surface area (Å²) >= 11 is 1.60. The van der Waals surface area contributed by atoms with E-state index in [1.807, 2.05) is 82.8 Å². The maximum absolute atomic E-state index is 13.6. The first-order valence-electron chi connectivity index (χ1n) is 10.4. The van der Waals surface area contributed by atoms with Crippen molar-refractivity contribution >= 4 is 34.5 Å². The van der Waals surface area contributed by atoms with Gasteiger partial charge in [0.2, 0.25) is 11.8 Å². The highest BCUT2D eigenvalue weighted by molar-refractivity contribution is 7.10. The van der Waals surface area contributed by atoms with Crippen molar-refractivity contribution in [1.82, 2.24) is 0 Å². The number of carbonyl (C=O) groups is 2. The van der Waals surface area contributed by atoms with Gasteiger partial charge in [0, 0.05) is 28.7 Å². The van der Waals surface area contributed by atoms with E-state index in [2.05, 4.69) is 13.0 Å². The van der Waals surface area contributed by atoms with Crippen molar-refractivity contribution in [3.05, 3.63) is 82.6 Å². The fraction of sp³-hybridized carbons (Fsp3) is 0.280. The molecular formula is C25H26N2O2S. The van der Waals surface area contributed by atoms with E-state index in [4.69, 9.17) is 0 Å². The molecule has 154 valence electrons. The predicted molar refractivity (Wildman–Crippen MR) is 123 cm³/mol. The van der Waals surface area contributed by atoms with Crippen molar-refractivity contribution < 1.29 is 9.59 Å². The highest BCUT2D eigenvalue weighted by Gasteiger charge is 2.38. The zero-order valence-corrected chi connectivity index (χ0v) is 18.1. The molecule has 2 amide bonds. The molecule has 4 rings (SSSR count). The maximum atomic E-state index is 13.6. The third-order valence-electron chi connectivity index (χ3n) is 5.65. The molecule has 30 heavy (non-hydrogen) atoms. The number of thiophene rings is 1. The van der Waals surface area contributed by atoms with Crippen molar-refractivity contribution in [1.29, 1.82) is 0 Å². The van der Waals surface area contributed by atoms with Gasteiger partial charge in [-0.15, -0.1) is 11.3 Å². The molecule has 0 spiro atoms. The van der Waals surface area contributed by atoms with Gasteiger partial charge in [0.05, 0.1) is 12.5 Å². The first kappa shape index (κ1) is 20.4. The van der Waals surface area contributed by atoms with Crippen LogP contribution in [-0.4, -0.2) is 17.9 Å². The van der Waals surface area contributed by atoms with E-state index in [1.54, 1.807) is 11.3 Å². The van der Waals surface area contributed by atoms with E-state index in [-0.39, 0.29) is 23.9 Å². The number of carbonyl (C=O) groups excluding carboxylic acids is 2. The summed E-state index contributed by atoms with van der Waals surface area (Å²) < 4.78 is 0. The number of benzene rings is 2. The molecule has 0 radical (unpaired) electrons. The normalized spacial score (nSPS) is 18.0. The van der Waals surface area contributed by atoms with Crippen molar-refractivity contribution in [3.8, 4) is 0 Å². The van der Waals surface area contributed by atoms with E-state index in [9.17, 15) is 9.59 Å². The first-order valence-corrected chi connectivity index (χ1v) is 11.3. The Morgan fingerprint density at radius 1 is 1.03 bits per heavy atom. The van der Waals surface area contributed by atoms with Gasteiger partial charge < -0.3 is 9.80 Å². The molecule has 0 unspecified atom stereocenters. The minimum Gasteiger partial charge on any atom is -0.309 e. The Labute approximate surface area is 181 Å². The summed E-state index contributed by atoms with van der Waals surface area (Å²) in [7, 11) is 0. The summed E-state index contributed by atoms with van der Waals surface area (Å²) in [5.41, 5.74) is 2.83. The molecule has 0 saturated heterocycles. The fourth-order valence-corrected chi connectivity index (χ4v) is 5.01. The summed E-state index contributed by atoms with van der Waals surface area (Å²) in [6.07, 6.45) is 1.54. The molecule has 0 saturated carbocycles. The maximum Gasteiger partial charge on any atom is 0.232 e. The van der Waals surface area contributed by atoms with E-state index >= 15 is 0 Å². The quantitative estimate of drug-likeness (QED) is 0.541. The average molecular weight is 419 g/mol. The molecule has 0 aliphatic carbocycles. The number of para-hydroxylation sites is 2. The van der Waals surface area contributed by atoms with Crippen molar-refractivity contribution in [2.24, 2.45) is 0 Å². The second-order valence-corrected chi connectivity index (χ2v) is 8.66. The molecule has 2 atom stereocenters. The van der Waals surface area contributed by atoms with Crippen molar-refractivity contribution in [2.75, 3.05) is 9.80 Å². The van der Waals surface area contributed by atoms with Crippen molar-refractivity contribution in [2.45, 2.75) is 45.2 Å². The number of rotatable bonds is 5. The number of fused-ring (bicyclic) bond motifs is 1. The molecule has 0 N–H and O–H groups in total. The van der Waals surface area contributed by atoms with Crippen LogP contribution in [0.4, 0.5) is 11.4 Å². The highest BCUT2D eigenvalue weighted by Crippen LogP contribution is 2.42. The van der Waals surface area contributed by atoms with E-state index < -0.39 is 0 Å². The topological polar surface area (TPSA) is 40.6 Å². The lowest BCUT2D eigenvalue weighted by Crippen LogP contribution is -2.47. The molecule has 0 bridgehead atoms. The standard InChI is InChI=1S/C25H26N2O2S/c1-3-24(28)26-18(2)16-23(21-13-7-8-14-22(21)26)27(19-10-5-4-6-11-19)25(29)17-20-12-9-15-30-20/h4-15,18,23H,3,16-17H2,1-2H3/t18-,23-/m0/s1. The molecule has 1 aliphatic heterocycles. The molecule has 2 heterocycles. The minimum absolute atomic E-state index is 0.0121. The summed E-state index contributed by atoms with van der Waals surface area (Å²) in [5, 5.41) is 2.00. The molecular weight excluding hydrogens is 392 g/mol. The number of hydrogen-bond acceptors (Lipinski definition) is 3. The minimum atomic E-state index is -0.119. The lowest BCUT2D eigenvalue weighted by Gasteiger charge is -2.43. The third kappa shape index (κ3) is 3.90. The van der Waals surface area contributed by atoms with Crippen LogP contribution in [0.2, 0.25) is 0 Å². The molecule has 1 aromatic heterocycles. The SMILES string of the molecule is CCC(=O)N1c2ccccc2[C@@H](N(C(=O)Cc2cccs2)c2ccccc2)C[C@@H]1C. The van der Waals surface area contributed by atoms with Crippen LogP contribution in [0.1, 0.15) is 43.2 Å². The van der Waals surface area contributed by atoms with E-state index in [1.165, 1.54) is 0 Å². The Morgan fingerprint density at radius 3 is 2.47 bits per heavy atom. The average Bonchev–Trinajstić information content (AvgIpc) is 3.27. The molecule has 3 aromatic rings. The Balaban J connectivity index is 1.78. The molecule has 0 fully saturated rings. The van der Waals surface area contributed by atoms with E-state index in [0.29, 0.717) is 19.3 Å². The second kappa shape index (κ2) is 8.84. The molecule has 1 aliphatic rings. The van der Waals surface area contributed by atoms with Gasteiger partial charge in [-0.25, -0.2) is 0 Å². The summed E-state index contributed by atoms with van der Waals surface area (Å²) in [5.74, 6) is 0.190. The molecule has 4 nitrogen and oxygen atoms in total. The number of amides is 2. The van der Waals surface area contributed by atoms with Gasteiger partial charge in [-0.3, -0.25) is 9.59 Å². The van der Waals surface area contributed by atoms with Crippen LogP contribution < -0.4 is 9.80 Å². The van der Waals surface area contributed by atoms with Crippen LogP contribution >= 0.6 is 11.3 Å². The lowest BCUT2D eigenvalue weighted by molar-refractivity contribution is -0.118. The number of nitrogens with zero attached hydrogens (tertiary/aromatic N) is 2. The lowest BCUT2D eigenvalue weighted by atomic mass is 9.89. The molecule has 5 heteroatoms. The van der Waals surface area contributed by atoms with Crippen LogP contribution in [0.15, 0.2) is 72.1 Å². The van der Waals surface area contributed by atoms with Crippen molar-refractivity contribution in [3.63, 3.8) is 0 Å². The zero-order chi connectivity index (χ0) is 21.1. The molecule has 2 aromatic carbocycles. The third-order valence-corrected chi connectivity index (χ3v) is 6.53. The monoisotopic (exact) mass is 418 g/mol. The fourth-order valence-electron chi connectivity index (χ4n) is 4.31. The van der Waals surface area contributed by atoms with Crippen LogP contribution in [-0.2, 0) is 16.0 Å². The van der Waals surface area contributed by atoms with Gasteiger partial charge in [0.15, 0.2) is 0 Å². The van der Waals surface area contributed by atoms with E-state index in [0.717, 1.165) is 21.8 Å². The Bertz CT molecular complexity index is 1020. The number of anilines is 2. The largest absolute Gasteiger partial charge is 0.309 e. The first-order chi connectivity index (χ1) is 14.6. The van der Waals surface area contributed by atoms with Gasteiger partial charge in [-0.05, 0) is 48.6 Å².